The highest BCUT2D eigenvalue weighted by Gasteiger charge is 2.34. The fourth-order valence-electron chi connectivity index (χ4n) is 4.34. The minimum Gasteiger partial charge on any atom is -0.507 e. The summed E-state index contributed by atoms with van der Waals surface area (Å²) in [5.74, 6) is 0.505. The van der Waals surface area contributed by atoms with Gasteiger partial charge in [-0.05, 0) is 25.3 Å². The van der Waals surface area contributed by atoms with E-state index in [1.54, 1.807) is 6.08 Å². The number of hydrogen-bond acceptors (Lipinski definition) is 2. The van der Waals surface area contributed by atoms with E-state index >= 15 is 0 Å². The van der Waals surface area contributed by atoms with Gasteiger partial charge in [-0.1, -0.05) is 63.3 Å². The molecule has 3 fully saturated rings. The number of amides is 1. The van der Waals surface area contributed by atoms with E-state index in [4.69, 9.17) is 0 Å². The van der Waals surface area contributed by atoms with E-state index < -0.39 is 0 Å². The number of rotatable bonds is 6. The number of aliphatic hydroxyl groups is 1. The second-order valence-electron chi connectivity index (χ2n) is 8.68. The van der Waals surface area contributed by atoms with Gasteiger partial charge < -0.3 is 20.6 Å². The van der Waals surface area contributed by atoms with Crippen molar-refractivity contribution in [2.75, 3.05) is 39.8 Å². The first-order valence-electron chi connectivity index (χ1n) is 12.6. The Morgan fingerprint density at radius 1 is 1.03 bits per heavy atom. The summed E-state index contributed by atoms with van der Waals surface area (Å²) < 4.78 is 0. The maximum Gasteiger partial charge on any atom is 0.235 e. The fraction of sp³-hybridized carbons (Fsp3) is 0.552. The van der Waals surface area contributed by atoms with Crippen molar-refractivity contribution in [1.82, 2.24) is 4.90 Å². The molecule has 188 valence electrons. The molecule has 1 saturated carbocycles. The Morgan fingerprint density at radius 3 is 2.09 bits per heavy atom. The lowest BCUT2D eigenvalue weighted by atomic mass is 9.99. The molecule has 5 nitrogen and oxygen atoms in total. The van der Waals surface area contributed by atoms with E-state index in [1.807, 2.05) is 35.5 Å². The average molecular weight is 470 g/mol. The number of nitrogens with two attached hydrogens (primary N) is 2. The van der Waals surface area contributed by atoms with Gasteiger partial charge in [-0.15, -0.1) is 25.7 Å². The van der Waals surface area contributed by atoms with Gasteiger partial charge in [-0.2, -0.15) is 0 Å². The quantitative estimate of drug-likeness (QED) is 0.318. The van der Waals surface area contributed by atoms with Crippen LogP contribution in [0.2, 0.25) is 0 Å². The molecule has 1 unspecified atom stereocenters. The molecule has 5 N–H and O–H groups in total. The number of carbonyl (C=O) groups is 1. The number of quaternary nitrogens is 2. The second kappa shape index (κ2) is 20.8. The van der Waals surface area contributed by atoms with Gasteiger partial charge in [0.25, 0.3) is 0 Å². The second-order valence-corrected chi connectivity index (χ2v) is 8.68. The third kappa shape index (κ3) is 12.5. The van der Waals surface area contributed by atoms with Crippen LogP contribution in [0.4, 0.5) is 0 Å². The van der Waals surface area contributed by atoms with Crippen LogP contribution in [-0.2, 0) is 4.79 Å². The maximum atomic E-state index is 12.7. The van der Waals surface area contributed by atoms with Gasteiger partial charge in [0.1, 0.15) is 18.2 Å². The number of carbonyl (C=O) groups excluding carboxylic acids is 1. The van der Waals surface area contributed by atoms with E-state index in [0.29, 0.717) is 12.1 Å². The van der Waals surface area contributed by atoms with Crippen molar-refractivity contribution < 1.29 is 20.5 Å². The summed E-state index contributed by atoms with van der Waals surface area (Å²) >= 11 is 0. The SMILES string of the molecule is C#C.C#C.C1CCCCC1.C=C(C[NH2+]C)\C(O)=C/C=C\C=C1\C[NH2+]CC1C(=O)N1CCCCC1. The largest absolute Gasteiger partial charge is 0.507 e. The molecule has 0 spiro atoms. The molecule has 0 radical (unpaired) electrons. The lowest BCUT2D eigenvalue weighted by Crippen LogP contribution is -2.81. The Bertz CT molecular complexity index is 688. The number of terminal acetylenes is 2. The molecule has 34 heavy (non-hydrogen) atoms. The number of piperidine rings is 1. The molecule has 5 heteroatoms. The van der Waals surface area contributed by atoms with Crippen molar-refractivity contribution in [1.29, 1.82) is 0 Å². The zero-order valence-electron chi connectivity index (χ0n) is 21.3. The Kier molecular flexibility index (Phi) is 19.2. The third-order valence-corrected chi connectivity index (χ3v) is 6.18. The number of aliphatic hydroxyl groups excluding tert-OH is 1. The van der Waals surface area contributed by atoms with Gasteiger partial charge in [-0.25, -0.2) is 0 Å². The van der Waals surface area contributed by atoms with Gasteiger partial charge >= 0.3 is 0 Å². The van der Waals surface area contributed by atoms with E-state index in [-0.39, 0.29) is 17.6 Å². The lowest BCUT2D eigenvalue weighted by Gasteiger charge is -2.28. The number of likely N-dealkylation sites (tertiary alicyclic amines) is 1. The Balaban J connectivity index is 0.000000916. The van der Waals surface area contributed by atoms with Crippen LogP contribution in [0.5, 0.6) is 0 Å². The summed E-state index contributed by atoms with van der Waals surface area (Å²) in [4.78, 5) is 14.7. The van der Waals surface area contributed by atoms with E-state index in [9.17, 15) is 9.90 Å². The number of likely N-dealkylation sites (N-methyl/N-ethyl adjacent to an activating group) is 1. The zero-order chi connectivity index (χ0) is 25.6. The molecule has 2 saturated heterocycles. The highest BCUT2D eigenvalue weighted by molar-refractivity contribution is 5.82. The predicted molar refractivity (Wildman–Crippen MR) is 143 cm³/mol. The first-order valence-corrected chi connectivity index (χ1v) is 12.6. The van der Waals surface area contributed by atoms with Crippen LogP contribution in [0.25, 0.3) is 0 Å². The standard InChI is InChI=1S/C19H29N3O2.C6H12.2C2H2/c1-15(12-20-2)18(23)9-5-4-8-16-13-21-14-17(16)19(24)22-10-6-3-7-11-22;1-2-4-6-5-3-1;2*1-2/h4-5,8-9,17,20-21,23H,1,3,6-7,10-14H2,2H3;1-6H2;2*1-2H/p+2/b5-4-,16-8-,18-9+;;;. The summed E-state index contributed by atoms with van der Waals surface area (Å²) in [5.41, 5.74) is 1.89. The fourth-order valence-corrected chi connectivity index (χ4v) is 4.34. The number of allylic oxidation sites excluding steroid dienone is 4. The van der Waals surface area contributed by atoms with E-state index in [1.165, 1.54) is 50.5 Å². The summed E-state index contributed by atoms with van der Waals surface area (Å²) in [6, 6.07) is 0. The van der Waals surface area contributed by atoms with Crippen molar-refractivity contribution in [2.24, 2.45) is 5.92 Å². The van der Waals surface area contributed by atoms with E-state index in [2.05, 4.69) is 37.6 Å². The van der Waals surface area contributed by atoms with Crippen molar-refractivity contribution >= 4 is 5.91 Å². The first-order chi connectivity index (χ1) is 16.6. The van der Waals surface area contributed by atoms with Crippen molar-refractivity contribution in [3.05, 3.63) is 47.8 Å². The van der Waals surface area contributed by atoms with Gasteiger partial charge in [0.05, 0.1) is 20.1 Å². The minimum atomic E-state index is 0.00924. The Morgan fingerprint density at radius 2 is 1.56 bits per heavy atom. The van der Waals surface area contributed by atoms with Crippen LogP contribution >= 0.6 is 0 Å². The normalized spacial score (nSPS) is 21.3. The predicted octanol–water partition coefficient (Wildman–Crippen LogP) is 2.71. The number of hydrogen-bond donors (Lipinski definition) is 3. The van der Waals surface area contributed by atoms with Gasteiger partial charge in [-0.3, -0.25) is 4.79 Å². The first kappa shape index (κ1) is 31.3. The van der Waals surface area contributed by atoms with Crippen LogP contribution in [0.15, 0.2) is 47.8 Å². The van der Waals surface area contributed by atoms with Crippen LogP contribution in [0.1, 0.15) is 57.8 Å². The van der Waals surface area contributed by atoms with Gasteiger partial charge in [0, 0.05) is 24.2 Å². The summed E-state index contributed by atoms with van der Waals surface area (Å²) in [7, 11) is 1.94. The molecule has 0 aromatic carbocycles. The molecule has 0 bridgehead atoms. The molecule has 1 aliphatic carbocycles. The highest BCUT2D eigenvalue weighted by Crippen LogP contribution is 2.19. The molecule has 2 aliphatic heterocycles. The molecular weight excluding hydrogens is 422 g/mol. The molecular formula is C29H47N3O2+2. The third-order valence-electron chi connectivity index (χ3n) is 6.18. The minimum absolute atomic E-state index is 0.00924. The lowest BCUT2D eigenvalue weighted by molar-refractivity contribution is -0.634. The highest BCUT2D eigenvalue weighted by atomic mass is 16.3. The average Bonchev–Trinajstić information content (AvgIpc) is 3.39. The van der Waals surface area contributed by atoms with Crippen LogP contribution in [0, 0.1) is 31.6 Å². The molecule has 3 rings (SSSR count). The summed E-state index contributed by atoms with van der Waals surface area (Å²) in [5, 5.41) is 14.0. The van der Waals surface area contributed by atoms with Crippen LogP contribution < -0.4 is 10.6 Å². The molecule has 1 amide bonds. The Hall–Kier alpha value is -2.73. The maximum absolute atomic E-state index is 12.7. The summed E-state index contributed by atoms with van der Waals surface area (Å²) in [6.07, 6.45) is 35.9. The smallest absolute Gasteiger partial charge is 0.235 e. The van der Waals surface area contributed by atoms with Crippen molar-refractivity contribution in [3.63, 3.8) is 0 Å². The molecule has 2 heterocycles. The number of nitrogens with zero attached hydrogens (tertiary/aromatic N) is 1. The molecule has 1 atom stereocenters. The Labute approximate surface area is 208 Å². The molecule has 3 aliphatic rings. The molecule has 0 aromatic heterocycles. The van der Waals surface area contributed by atoms with E-state index in [0.717, 1.165) is 39.0 Å². The van der Waals surface area contributed by atoms with Gasteiger partial charge in [0.15, 0.2) is 0 Å². The monoisotopic (exact) mass is 469 g/mol. The summed E-state index contributed by atoms with van der Waals surface area (Å²) in [6.45, 7) is 8.05. The van der Waals surface area contributed by atoms with Crippen LogP contribution in [-0.4, -0.2) is 55.7 Å². The zero-order valence-corrected chi connectivity index (χ0v) is 21.3. The van der Waals surface area contributed by atoms with Crippen molar-refractivity contribution in [3.8, 4) is 25.7 Å². The van der Waals surface area contributed by atoms with Gasteiger partial charge in [0.2, 0.25) is 5.91 Å². The topological polar surface area (TPSA) is 73.8 Å². The molecule has 0 aromatic rings. The van der Waals surface area contributed by atoms with Crippen LogP contribution in [0.3, 0.4) is 0 Å². The van der Waals surface area contributed by atoms with Crippen molar-refractivity contribution in [2.45, 2.75) is 57.8 Å².